The summed E-state index contributed by atoms with van der Waals surface area (Å²) in [7, 11) is 0. The number of fused-ring (bicyclic) bond motifs is 3. The van der Waals surface area contributed by atoms with Crippen LogP contribution >= 0.6 is 0 Å². The van der Waals surface area contributed by atoms with Crippen molar-refractivity contribution in [3.8, 4) is 11.5 Å². The monoisotopic (exact) mass is 515 g/mol. The zero-order chi connectivity index (χ0) is 26.9. The number of aryl methyl sites for hydroxylation is 3. The first-order chi connectivity index (χ1) is 19.0. The van der Waals surface area contributed by atoms with Gasteiger partial charge in [-0.1, -0.05) is 84.8 Å². The standard InChI is InChI=1S/C33H33N5O/c1-4-29-28-22-37(33(39)34-21-25-17-15-23(2)16-18-25)31(26-11-8-10-24(3)20-26)30-14-9-19-36(30)32(28)38(35-29)27-12-6-5-7-13-27/h5-20,31H,4,21-22H2,1-3H3,(H,34,39)/t31-/m1/s1. The molecule has 196 valence electrons. The second-order valence-electron chi connectivity index (χ2n) is 10.2. The Labute approximate surface area is 229 Å². The van der Waals surface area contributed by atoms with Crippen LogP contribution in [0.4, 0.5) is 4.79 Å². The average Bonchev–Trinajstić information content (AvgIpc) is 3.54. The van der Waals surface area contributed by atoms with Crippen LogP contribution in [0, 0.1) is 13.8 Å². The lowest BCUT2D eigenvalue weighted by atomic mass is 10.00. The Kier molecular flexibility index (Phi) is 6.53. The summed E-state index contributed by atoms with van der Waals surface area (Å²) in [5.74, 6) is 0.990. The number of nitrogens with zero attached hydrogens (tertiary/aromatic N) is 4. The maximum Gasteiger partial charge on any atom is 0.318 e. The summed E-state index contributed by atoms with van der Waals surface area (Å²) in [6.07, 6.45) is 2.86. The molecule has 39 heavy (non-hydrogen) atoms. The van der Waals surface area contributed by atoms with Crippen molar-refractivity contribution in [1.29, 1.82) is 0 Å². The molecule has 0 radical (unpaired) electrons. The Hall–Kier alpha value is -4.58. The van der Waals surface area contributed by atoms with E-state index in [1.807, 2.05) is 27.8 Å². The van der Waals surface area contributed by atoms with E-state index in [0.717, 1.165) is 51.6 Å². The highest BCUT2D eigenvalue weighted by atomic mass is 16.2. The first-order valence-electron chi connectivity index (χ1n) is 13.5. The molecule has 0 bridgehead atoms. The smallest absolute Gasteiger partial charge is 0.318 e. The molecular formula is C33H33N5O. The SMILES string of the molecule is CCc1nn(-c2ccccc2)c2c1CN(C(=O)NCc1ccc(C)cc1)[C@H](c1cccc(C)c1)c1cccn1-2. The van der Waals surface area contributed by atoms with Gasteiger partial charge in [-0.05, 0) is 55.7 Å². The van der Waals surface area contributed by atoms with Crippen molar-refractivity contribution in [2.24, 2.45) is 0 Å². The molecule has 3 aromatic carbocycles. The Morgan fingerprint density at radius 1 is 0.923 bits per heavy atom. The van der Waals surface area contributed by atoms with Gasteiger partial charge in [-0.3, -0.25) is 0 Å². The minimum Gasteiger partial charge on any atom is -0.334 e. The summed E-state index contributed by atoms with van der Waals surface area (Å²) < 4.78 is 4.24. The Morgan fingerprint density at radius 3 is 2.46 bits per heavy atom. The molecule has 6 heteroatoms. The summed E-state index contributed by atoms with van der Waals surface area (Å²) in [6, 6.07) is 30.8. The van der Waals surface area contributed by atoms with Crippen molar-refractivity contribution in [2.45, 2.75) is 46.3 Å². The van der Waals surface area contributed by atoms with Crippen LogP contribution in [0.15, 0.2) is 97.2 Å². The highest BCUT2D eigenvalue weighted by Crippen LogP contribution is 2.38. The van der Waals surface area contributed by atoms with Gasteiger partial charge in [-0.2, -0.15) is 5.10 Å². The second-order valence-corrected chi connectivity index (χ2v) is 10.2. The van der Waals surface area contributed by atoms with Crippen LogP contribution in [-0.2, 0) is 19.5 Å². The van der Waals surface area contributed by atoms with E-state index in [1.165, 1.54) is 5.56 Å². The predicted molar refractivity (Wildman–Crippen MR) is 154 cm³/mol. The van der Waals surface area contributed by atoms with Crippen molar-refractivity contribution in [1.82, 2.24) is 24.6 Å². The number of urea groups is 1. The summed E-state index contributed by atoms with van der Waals surface area (Å²) >= 11 is 0. The van der Waals surface area contributed by atoms with E-state index in [4.69, 9.17) is 5.10 Å². The van der Waals surface area contributed by atoms with Gasteiger partial charge in [0.25, 0.3) is 0 Å². The van der Waals surface area contributed by atoms with Gasteiger partial charge >= 0.3 is 6.03 Å². The molecule has 0 spiro atoms. The van der Waals surface area contributed by atoms with E-state index in [1.54, 1.807) is 0 Å². The van der Waals surface area contributed by atoms with E-state index in [-0.39, 0.29) is 12.1 Å². The number of hydrogen-bond donors (Lipinski definition) is 1. The largest absolute Gasteiger partial charge is 0.334 e. The minimum absolute atomic E-state index is 0.0998. The number of hydrogen-bond acceptors (Lipinski definition) is 2. The third-order valence-electron chi connectivity index (χ3n) is 7.49. The van der Waals surface area contributed by atoms with Gasteiger partial charge in [-0.25, -0.2) is 9.48 Å². The molecule has 5 aromatic rings. The maximum atomic E-state index is 14.1. The number of nitrogens with one attached hydrogen (secondary N) is 1. The summed E-state index contributed by atoms with van der Waals surface area (Å²) in [4.78, 5) is 16.0. The number of amides is 2. The van der Waals surface area contributed by atoms with E-state index < -0.39 is 0 Å². The minimum atomic E-state index is -0.265. The molecule has 0 unspecified atom stereocenters. The highest BCUT2D eigenvalue weighted by Gasteiger charge is 2.36. The van der Waals surface area contributed by atoms with Crippen LogP contribution in [-0.4, -0.2) is 25.3 Å². The number of aromatic nitrogens is 3. The number of rotatable bonds is 5. The number of carbonyl (C=O) groups is 1. The summed E-state index contributed by atoms with van der Waals surface area (Å²) in [5, 5.41) is 8.26. The molecule has 2 aromatic heterocycles. The van der Waals surface area contributed by atoms with Crippen molar-refractivity contribution in [2.75, 3.05) is 0 Å². The lowest BCUT2D eigenvalue weighted by Crippen LogP contribution is -2.41. The third kappa shape index (κ3) is 4.63. The predicted octanol–water partition coefficient (Wildman–Crippen LogP) is 6.66. The second kappa shape index (κ2) is 10.3. The molecule has 1 N–H and O–H groups in total. The zero-order valence-electron chi connectivity index (χ0n) is 22.6. The highest BCUT2D eigenvalue weighted by molar-refractivity contribution is 5.76. The molecule has 0 aliphatic carbocycles. The molecule has 1 aliphatic heterocycles. The average molecular weight is 516 g/mol. The lowest BCUT2D eigenvalue weighted by Gasteiger charge is -2.31. The number of para-hydroxylation sites is 1. The van der Waals surface area contributed by atoms with Crippen LogP contribution in [0.5, 0.6) is 0 Å². The number of carbonyl (C=O) groups excluding carboxylic acids is 1. The molecule has 0 saturated carbocycles. The quantitative estimate of drug-likeness (QED) is 0.285. The Morgan fingerprint density at radius 2 is 1.72 bits per heavy atom. The molecular weight excluding hydrogens is 482 g/mol. The van der Waals surface area contributed by atoms with Crippen LogP contribution < -0.4 is 5.32 Å². The van der Waals surface area contributed by atoms with Crippen LogP contribution in [0.3, 0.4) is 0 Å². The van der Waals surface area contributed by atoms with Crippen molar-refractivity contribution in [3.05, 3.63) is 136 Å². The fraction of sp³-hybridized carbons (Fsp3) is 0.212. The molecule has 3 heterocycles. The van der Waals surface area contributed by atoms with E-state index in [2.05, 4.69) is 110 Å². The molecule has 6 rings (SSSR count). The summed E-state index contributed by atoms with van der Waals surface area (Å²) in [5.41, 5.74) is 8.62. The van der Waals surface area contributed by atoms with Crippen LogP contribution in [0.2, 0.25) is 0 Å². The van der Waals surface area contributed by atoms with Gasteiger partial charge < -0.3 is 14.8 Å². The van der Waals surface area contributed by atoms with E-state index in [9.17, 15) is 4.79 Å². The van der Waals surface area contributed by atoms with Gasteiger partial charge in [0.15, 0.2) is 0 Å². The van der Waals surface area contributed by atoms with Crippen LogP contribution in [0.25, 0.3) is 11.5 Å². The lowest BCUT2D eigenvalue weighted by molar-refractivity contribution is 0.180. The molecule has 6 nitrogen and oxygen atoms in total. The number of benzene rings is 3. The Bertz CT molecular complexity index is 1610. The normalized spacial score (nSPS) is 14.4. The van der Waals surface area contributed by atoms with Crippen LogP contribution in [0.1, 0.15) is 52.2 Å². The molecule has 1 aliphatic rings. The van der Waals surface area contributed by atoms with Gasteiger partial charge in [0, 0.05) is 18.3 Å². The van der Waals surface area contributed by atoms with Crippen molar-refractivity contribution >= 4 is 6.03 Å². The first-order valence-corrected chi connectivity index (χ1v) is 13.5. The molecule has 1 atom stereocenters. The zero-order valence-corrected chi connectivity index (χ0v) is 22.6. The fourth-order valence-corrected chi connectivity index (χ4v) is 5.52. The third-order valence-corrected chi connectivity index (χ3v) is 7.49. The van der Waals surface area contributed by atoms with E-state index in [0.29, 0.717) is 13.1 Å². The van der Waals surface area contributed by atoms with Crippen molar-refractivity contribution < 1.29 is 4.79 Å². The molecule has 0 saturated heterocycles. The molecule has 0 fully saturated rings. The first kappa shape index (κ1) is 24.7. The van der Waals surface area contributed by atoms with Gasteiger partial charge in [0.2, 0.25) is 0 Å². The van der Waals surface area contributed by atoms with Crippen molar-refractivity contribution in [3.63, 3.8) is 0 Å². The maximum absolute atomic E-state index is 14.1. The summed E-state index contributed by atoms with van der Waals surface area (Å²) in [6.45, 7) is 7.20. The molecule has 2 amide bonds. The Balaban J connectivity index is 1.49. The van der Waals surface area contributed by atoms with E-state index >= 15 is 0 Å². The fourth-order valence-electron chi connectivity index (χ4n) is 5.52. The topological polar surface area (TPSA) is 55.1 Å². The van der Waals surface area contributed by atoms with Gasteiger partial charge in [0.1, 0.15) is 5.82 Å². The van der Waals surface area contributed by atoms with Gasteiger partial charge in [0.05, 0.1) is 29.7 Å². The van der Waals surface area contributed by atoms with Gasteiger partial charge in [-0.15, -0.1) is 0 Å².